The predicted molar refractivity (Wildman–Crippen MR) is 122 cm³/mol. The van der Waals surface area contributed by atoms with E-state index in [0.717, 1.165) is 0 Å². The van der Waals surface area contributed by atoms with E-state index < -0.39 is 24.5 Å². The molecule has 31 heavy (non-hydrogen) atoms. The zero-order valence-electron chi connectivity index (χ0n) is 24.5. The number of aryl methyl sites for hydroxylation is 1. The van der Waals surface area contributed by atoms with Crippen LogP contribution in [-0.2, 0) is 13.4 Å². The van der Waals surface area contributed by atoms with Crippen LogP contribution < -0.4 is 4.57 Å². The molecule has 158 valence electrons. The van der Waals surface area contributed by atoms with E-state index in [0.29, 0.717) is 27.6 Å². The monoisotopic (exact) mass is 421 g/mol. The summed E-state index contributed by atoms with van der Waals surface area (Å²) in [7, 11) is 1.63. The highest BCUT2D eigenvalue weighted by Gasteiger charge is 2.26. The van der Waals surface area contributed by atoms with Crippen molar-refractivity contribution in [3.05, 3.63) is 64.1 Å². The van der Waals surface area contributed by atoms with Crippen molar-refractivity contribution in [2.75, 3.05) is 0 Å². The molecule has 0 saturated heterocycles. The Balaban J connectivity index is 2.25. The van der Waals surface area contributed by atoms with Crippen LogP contribution >= 0.6 is 0 Å². The molecule has 0 N–H and O–H groups in total. The summed E-state index contributed by atoms with van der Waals surface area (Å²) in [6.07, 6.45) is -2.18. The maximum Gasteiger partial charge on any atom is 0.216 e. The first-order chi connectivity index (χ1) is 16.9. The van der Waals surface area contributed by atoms with Crippen molar-refractivity contribution in [1.82, 2.24) is 0 Å². The Bertz CT molecular complexity index is 1640. The van der Waals surface area contributed by atoms with Crippen molar-refractivity contribution in [3.8, 4) is 17.3 Å². The molecule has 0 fully saturated rings. The molecular weight excluding hydrogens is 387 g/mol. The molecule has 4 rings (SSSR count). The molecule has 0 aliphatic heterocycles. The fraction of sp³-hybridized carbons (Fsp3) is 0.333. The SMILES string of the molecule is [2H]c1c(C([2H])([2H])C(C)(C)C)c(C([2H])([2H])[2H])c(C)[n+](C)c1-c1c(C)ccc2c1oc1c(F)c(C#N)ccc12. The van der Waals surface area contributed by atoms with Gasteiger partial charge in [0.1, 0.15) is 18.7 Å². The van der Waals surface area contributed by atoms with Gasteiger partial charge in [0.25, 0.3) is 0 Å². The van der Waals surface area contributed by atoms with E-state index in [4.69, 9.17) is 11.3 Å². The third-order valence-electron chi connectivity index (χ3n) is 5.51. The summed E-state index contributed by atoms with van der Waals surface area (Å²) < 4.78 is 74.4. The van der Waals surface area contributed by atoms with E-state index in [9.17, 15) is 6.63 Å². The number of nitriles is 1. The summed E-state index contributed by atoms with van der Waals surface area (Å²) in [6, 6.07) is 8.10. The molecule has 2 aromatic heterocycles. The lowest BCUT2D eigenvalue weighted by Crippen LogP contribution is -2.36. The van der Waals surface area contributed by atoms with Crippen LogP contribution in [0.3, 0.4) is 0 Å². The molecule has 2 heterocycles. The van der Waals surface area contributed by atoms with E-state index in [-0.39, 0.29) is 39.6 Å². The number of halogens is 1. The van der Waals surface area contributed by atoms with Crippen LogP contribution in [0, 0.1) is 43.3 Å². The molecule has 4 aromatic rings. The molecule has 0 bridgehead atoms. The molecule has 0 aliphatic carbocycles. The van der Waals surface area contributed by atoms with Crippen LogP contribution in [-0.4, -0.2) is 0 Å². The molecule has 0 radical (unpaired) electrons. The number of hydrogen-bond acceptors (Lipinski definition) is 2. The summed E-state index contributed by atoms with van der Waals surface area (Å²) in [4.78, 5) is 0. The van der Waals surface area contributed by atoms with E-state index in [1.54, 1.807) is 64.4 Å². The third-order valence-corrected chi connectivity index (χ3v) is 5.51. The lowest BCUT2D eigenvalue weighted by molar-refractivity contribution is -0.667. The summed E-state index contributed by atoms with van der Waals surface area (Å²) >= 11 is 0. The fourth-order valence-corrected chi connectivity index (χ4v) is 3.83. The van der Waals surface area contributed by atoms with Gasteiger partial charge in [-0.25, -0.2) is 4.39 Å². The highest BCUT2D eigenvalue weighted by atomic mass is 19.1. The zero-order chi connectivity index (χ0) is 27.8. The van der Waals surface area contributed by atoms with Gasteiger partial charge in [0.05, 0.1) is 12.5 Å². The quantitative estimate of drug-likeness (QED) is 0.342. The maximum atomic E-state index is 15.0. The van der Waals surface area contributed by atoms with Crippen molar-refractivity contribution < 1.29 is 21.6 Å². The summed E-state index contributed by atoms with van der Waals surface area (Å²) in [6.45, 7) is 5.72. The van der Waals surface area contributed by atoms with Gasteiger partial charge in [-0.05, 0) is 48.8 Å². The molecule has 0 spiro atoms. The van der Waals surface area contributed by atoms with Gasteiger partial charge in [0.2, 0.25) is 5.69 Å². The molecule has 0 aliphatic rings. The minimum atomic E-state index is -2.67. The summed E-state index contributed by atoms with van der Waals surface area (Å²) in [5.41, 5.74) is 0.284. The van der Waals surface area contributed by atoms with Gasteiger partial charge in [0.15, 0.2) is 17.1 Å². The third kappa shape index (κ3) is 3.39. The standard InChI is InChI=1S/C27H28FN2O/c1-15-8-10-20-21-11-9-18(14-29)24(28)26(21)31-25(20)23(15)22-12-19(13-27(4,5)6)16(2)17(3)30(22)7/h8-12H,13H2,1-7H3/q+1/i2D3,12D,13D2. The highest BCUT2D eigenvalue weighted by Crippen LogP contribution is 2.39. The first-order valence-corrected chi connectivity index (χ1v) is 10.0. The fourth-order valence-electron chi connectivity index (χ4n) is 3.83. The number of aromatic nitrogens is 1. The average Bonchev–Trinajstić information content (AvgIpc) is 3.15. The summed E-state index contributed by atoms with van der Waals surface area (Å²) in [5.74, 6) is -0.783. The summed E-state index contributed by atoms with van der Waals surface area (Å²) in [5, 5.41) is 10.3. The van der Waals surface area contributed by atoms with Gasteiger partial charge >= 0.3 is 0 Å². The van der Waals surface area contributed by atoms with Crippen LogP contribution in [0.2, 0.25) is 0 Å². The number of rotatable bonds is 2. The predicted octanol–water partition coefficient (Wildman–Crippen LogP) is 6.60. The first-order valence-electron chi connectivity index (χ1n) is 13.0. The Morgan fingerprint density at radius 1 is 1.19 bits per heavy atom. The molecule has 0 saturated carbocycles. The molecule has 0 atom stereocenters. The van der Waals surface area contributed by atoms with Gasteiger partial charge < -0.3 is 4.42 Å². The number of nitrogens with zero attached hydrogens (tertiary/aromatic N) is 2. The molecule has 0 amide bonds. The number of fused-ring (bicyclic) bond motifs is 3. The van der Waals surface area contributed by atoms with Crippen molar-refractivity contribution >= 4 is 21.9 Å². The Morgan fingerprint density at radius 3 is 2.52 bits per heavy atom. The Kier molecular flexibility index (Phi) is 3.43. The normalized spacial score (nSPS) is 15.7. The number of hydrogen-bond donors (Lipinski definition) is 0. The van der Waals surface area contributed by atoms with Gasteiger partial charge in [0, 0.05) is 36.2 Å². The van der Waals surface area contributed by atoms with Crippen LogP contribution in [0.1, 0.15) is 56.9 Å². The largest absolute Gasteiger partial charge is 0.452 e. The molecule has 0 unspecified atom stereocenters. The second-order valence-electron chi connectivity index (χ2n) is 8.89. The maximum absolute atomic E-state index is 15.0. The van der Waals surface area contributed by atoms with Crippen molar-refractivity contribution in [1.29, 1.82) is 5.26 Å². The Labute approximate surface area is 191 Å². The first kappa shape index (κ1) is 14.8. The lowest BCUT2D eigenvalue weighted by atomic mass is 9.85. The lowest BCUT2D eigenvalue weighted by Gasteiger charge is -2.20. The van der Waals surface area contributed by atoms with Gasteiger partial charge in [-0.2, -0.15) is 9.83 Å². The second kappa shape index (κ2) is 7.20. The molecular formula is C27H28FN2O+. The van der Waals surface area contributed by atoms with E-state index in [1.165, 1.54) is 6.07 Å². The van der Waals surface area contributed by atoms with Crippen molar-refractivity contribution in [3.63, 3.8) is 0 Å². The number of benzene rings is 2. The van der Waals surface area contributed by atoms with Crippen LogP contribution in [0.5, 0.6) is 0 Å². The average molecular weight is 422 g/mol. The van der Waals surface area contributed by atoms with Gasteiger partial charge in [-0.3, -0.25) is 0 Å². The zero-order valence-corrected chi connectivity index (χ0v) is 18.5. The smallest absolute Gasteiger partial charge is 0.216 e. The second-order valence-corrected chi connectivity index (χ2v) is 8.89. The molecule has 4 heteroatoms. The van der Waals surface area contributed by atoms with Crippen molar-refractivity contribution in [2.45, 2.75) is 47.8 Å². The number of furan rings is 1. The van der Waals surface area contributed by atoms with Crippen LogP contribution in [0.15, 0.2) is 34.7 Å². The number of pyridine rings is 1. The Morgan fingerprint density at radius 2 is 1.87 bits per heavy atom. The molecule has 2 aromatic carbocycles. The van der Waals surface area contributed by atoms with Crippen molar-refractivity contribution in [2.24, 2.45) is 12.5 Å². The van der Waals surface area contributed by atoms with Gasteiger partial charge in [-0.1, -0.05) is 32.9 Å². The Hall–Kier alpha value is -3.19. The van der Waals surface area contributed by atoms with Crippen LogP contribution in [0.25, 0.3) is 33.2 Å². The highest BCUT2D eigenvalue weighted by molar-refractivity contribution is 6.10. The minimum absolute atomic E-state index is 0.0869. The van der Waals surface area contributed by atoms with Gasteiger partial charge in [-0.15, -0.1) is 0 Å². The van der Waals surface area contributed by atoms with E-state index in [2.05, 4.69) is 0 Å². The minimum Gasteiger partial charge on any atom is -0.452 e. The van der Waals surface area contributed by atoms with Crippen LogP contribution in [0.4, 0.5) is 4.39 Å². The van der Waals surface area contributed by atoms with E-state index >= 15 is 4.39 Å². The topological polar surface area (TPSA) is 40.8 Å². The molecule has 3 nitrogen and oxygen atoms in total. The van der Waals surface area contributed by atoms with E-state index in [1.807, 2.05) is 6.07 Å².